The van der Waals surface area contributed by atoms with Crippen molar-refractivity contribution in [3.63, 3.8) is 0 Å². The smallest absolute Gasteiger partial charge is 0.253 e. The number of carbonyl (C=O) groups excluding carboxylic acids is 2. The second-order valence-corrected chi connectivity index (χ2v) is 5.94. The minimum absolute atomic E-state index is 0.218. The van der Waals surface area contributed by atoms with Crippen LogP contribution in [-0.4, -0.2) is 28.3 Å². The summed E-state index contributed by atoms with van der Waals surface area (Å²) in [6.07, 6.45) is 7.18. The van der Waals surface area contributed by atoms with Gasteiger partial charge in [-0.25, -0.2) is 0 Å². The fourth-order valence-electron chi connectivity index (χ4n) is 2.05. The lowest BCUT2D eigenvalue weighted by atomic mass is 10.1. The molecule has 2 N–H and O–H groups in total. The van der Waals surface area contributed by atoms with E-state index in [2.05, 4.69) is 34.4 Å². The fourth-order valence-corrected chi connectivity index (χ4v) is 2.05. The highest BCUT2D eigenvalue weighted by Gasteiger charge is 2.11. The predicted molar refractivity (Wildman–Crippen MR) is 91.4 cm³/mol. The van der Waals surface area contributed by atoms with Crippen molar-refractivity contribution < 1.29 is 9.59 Å². The van der Waals surface area contributed by atoms with Gasteiger partial charge in [-0.3, -0.25) is 19.6 Å². The third kappa shape index (κ3) is 5.46. The third-order valence-electron chi connectivity index (χ3n) is 3.45. The molecule has 0 fully saturated rings. The Labute approximate surface area is 141 Å². The number of nitrogens with one attached hydrogen (secondary N) is 2. The Morgan fingerprint density at radius 3 is 2.38 bits per heavy atom. The van der Waals surface area contributed by atoms with Gasteiger partial charge in [-0.05, 0) is 30.0 Å². The lowest BCUT2D eigenvalue weighted by Crippen LogP contribution is -2.27. The molecule has 0 aliphatic carbocycles. The first-order chi connectivity index (χ1) is 11.6. The summed E-state index contributed by atoms with van der Waals surface area (Å²) in [6.45, 7) is 5.17. The largest absolute Gasteiger partial charge is 0.352 e. The minimum Gasteiger partial charge on any atom is -0.352 e. The van der Waals surface area contributed by atoms with Crippen molar-refractivity contribution in [3.8, 4) is 0 Å². The molecule has 2 aromatic rings. The number of hydrogen-bond acceptors (Lipinski definition) is 4. The van der Waals surface area contributed by atoms with Gasteiger partial charge in [-0.15, -0.1) is 0 Å². The lowest BCUT2D eigenvalue weighted by Gasteiger charge is -2.08. The first-order valence-corrected chi connectivity index (χ1v) is 7.96. The average Bonchev–Trinajstić information content (AvgIpc) is 2.60. The van der Waals surface area contributed by atoms with Crippen LogP contribution in [0.2, 0.25) is 0 Å². The van der Waals surface area contributed by atoms with Crippen LogP contribution in [0.25, 0.3) is 0 Å². The first-order valence-electron chi connectivity index (χ1n) is 7.96. The summed E-state index contributed by atoms with van der Waals surface area (Å²) in [7, 11) is 0. The molecule has 0 atom stereocenters. The molecule has 0 unspecified atom stereocenters. The molecule has 2 amide bonds. The van der Waals surface area contributed by atoms with Crippen LogP contribution in [-0.2, 0) is 6.54 Å². The van der Waals surface area contributed by atoms with E-state index in [0.29, 0.717) is 30.1 Å². The van der Waals surface area contributed by atoms with E-state index >= 15 is 0 Å². The molecule has 126 valence electrons. The lowest BCUT2D eigenvalue weighted by molar-refractivity contribution is 0.0950. The van der Waals surface area contributed by atoms with E-state index < -0.39 is 0 Å². The maximum absolute atomic E-state index is 12.2. The number of nitrogens with zero attached hydrogens (tertiary/aromatic N) is 2. The van der Waals surface area contributed by atoms with Crippen LogP contribution in [0.15, 0.2) is 43.0 Å². The van der Waals surface area contributed by atoms with Gasteiger partial charge in [-0.1, -0.05) is 19.9 Å². The van der Waals surface area contributed by atoms with E-state index in [4.69, 9.17) is 0 Å². The van der Waals surface area contributed by atoms with Crippen LogP contribution >= 0.6 is 0 Å². The first kappa shape index (κ1) is 17.6. The Kier molecular flexibility index (Phi) is 6.42. The number of aromatic nitrogens is 2. The summed E-state index contributed by atoms with van der Waals surface area (Å²) in [5.41, 5.74) is 1.64. The van der Waals surface area contributed by atoms with Gasteiger partial charge in [0, 0.05) is 37.9 Å². The Hall–Kier alpha value is -2.76. The zero-order valence-corrected chi connectivity index (χ0v) is 14.0. The molecule has 2 aromatic heterocycles. The molecule has 0 saturated carbocycles. The van der Waals surface area contributed by atoms with Crippen molar-refractivity contribution in [1.29, 1.82) is 0 Å². The van der Waals surface area contributed by atoms with E-state index in [0.717, 1.165) is 12.0 Å². The Morgan fingerprint density at radius 1 is 1.04 bits per heavy atom. The van der Waals surface area contributed by atoms with Gasteiger partial charge >= 0.3 is 0 Å². The van der Waals surface area contributed by atoms with Gasteiger partial charge in [-0.2, -0.15) is 0 Å². The van der Waals surface area contributed by atoms with E-state index in [1.165, 1.54) is 12.4 Å². The molecule has 2 rings (SSSR count). The fraction of sp³-hybridized carbons (Fsp3) is 0.333. The van der Waals surface area contributed by atoms with E-state index in [1.54, 1.807) is 18.5 Å². The van der Waals surface area contributed by atoms with Crippen LogP contribution in [0.3, 0.4) is 0 Å². The molecule has 2 heterocycles. The highest BCUT2D eigenvalue weighted by atomic mass is 16.2. The standard InChI is InChI=1S/C18H22N4O2/c1-13(2)5-7-21-17(23)15-8-16(12-20-11-15)18(24)22-10-14-4-3-6-19-9-14/h3-4,6,8-9,11-13H,5,7,10H2,1-2H3,(H,21,23)(H,22,24). The Balaban J connectivity index is 1.93. The molecule has 6 heteroatoms. The van der Waals surface area contributed by atoms with E-state index in [-0.39, 0.29) is 11.8 Å². The predicted octanol–water partition coefficient (Wildman–Crippen LogP) is 2.18. The number of amides is 2. The van der Waals surface area contributed by atoms with Gasteiger partial charge in [0.2, 0.25) is 0 Å². The van der Waals surface area contributed by atoms with Gasteiger partial charge in [0.1, 0.15) is 0 Å². The molecule has 0 aliphatic rings. The average molecular weight is 326 g/mol. The van der Waals surface area contributed by atoms with E-state index in [9.17, 15) is 9.59 Å². The Morgan fingerprint density at radius 2 is 1.75 bits per heavy atom. The number of rotatable bonds is 7. The van der Waals surface area contributed by atoms with Gasteiger partial charge in [0.05, 0.1) is 11.1 Å². The molecule has 0 aliphatic heterocycles. The molecular formula is C18H22N4O2. The zero-order valence-electron chi connectivity index (χ0n) is 14.0. The van der Waals surface area contributed by atoms with Gasteiger partial charge < -0.3 is 10.6 Å². The molecular weight excluding hydrogens is 304 g/mol. The topological polar surface area (TPSA) is 84.0 Å². The summed E-state index contributed by atoms with van der Waals surface area (Å²) in [6, 6.07) is 5.24. The molecule has 0 radical (unpaired) electrons. The van der Waals surface area contributed by atoms with Crippen LogP contribution in [0, 0.1) is 5.92 Å². The second-order valence-electron chi connectivity index (χ2n) is 5.94. The van der Waals surface area contributed by atoms with Crippen molar-refractivity contribution >= 4 is 11.8 Å². The van der Waals surface area contributed by atoms with Crippen molar-refractivity contribution in [3.05, 3.63) is 59.7 Å². The summed E-state index contributed by atoms with van der Waals surface area (Å²) in [5.74, 6) is 0.0289. The summed E-state index contributed by atoms with van der Waals surface area (Å²) in [5, 5.41) is 5.62. The highest BCUT2D eigenvalue weighted by molar-refractivity contribution is 5.99. The molecule has 0 bridgehead atoms. The molecule has 0 spiro atoms. The van der Waals surface area contributed by atoms with Crippen LogP contribution in [0.4, 0.5) is 0 Å². The normalized spacial score (nSPS) is 10.5. The van der Waals surface area contributed by atoms with Crippen molar-refractivity contribution in [2.75, 3.05) is 6.54 Å². The highest BCUT2D eigenvalue weighted by Crippen LogP contribution is 2.05. The Bertz CT molecular complexity index is 686. The van der Waals surface area contributed by atoms with Crippen molar-refractivity contribution in [2.45, 2.75) is 26.8 Å². The number of pyridine rings is 2. The molecule has 24 heavy (non-hydrogen) atoms. The monoisotopic (exact) mass is 326 g/mol. The maximum Gasteiger partial charge on any atom is 0.253 e. The van der Waals surface area contributed by atoms with E-state index in [1.807, 2.05) is 12.1 Å². The summed E-state index contributed by atoms with van der Waals surface area (Å²) < 4.78 is 0. The zero-order chi connectivity index (χ0) is 17.4. The molecule has 6 nitrogen and oxygen atoms in total. The van der Waals surface area contributed by atoms with Gasteiger partial charge in [0.15, 0.2) is 0 Å². The van der Waals surface area contributed by atoms with Crippen LogP contribution < -0.4 is 10.6 Å². The molecule has 0 saturated heterocycles. The molecule has 0 aromatic carbocycles. The third-order valence-corrected chi connectivity index (χ3v) is 3.45. The van der Waals surface area contributed by atoms with Crippen molar-refractivity contribution in [2.24, 2.45) is 5.92 Å². The van der Waals surface area contributed by atoms with Crippen LogP contribution in [0.5, 0.6) is 0 Å². The van der Waals surface area contributed by atoms with Crippen LogP contribution in [0.1, 0.15) is 46.5 Å². The summed E-state index contributed by atoms with van der Waals surface area (Å²) >= 11 is 0. The maximum atomic E-state index is 12.2. The van der Waals surface area contributed by atoms with Crippen molar-refractivity contribution in [1.82, 2.24) is 20.6 Å². The SMILES string of the molecule is CC(C)CCNC(=O)c1cncc(C(=O)NCc2cccnc2)c1. The van der Waals surface area contributed by atoms with Gasteiger partial charge in [0.25, 0.3) is 11.8 Å². The quantitative estimate of drug-likeness (QED) is 0.817. The second kappa shape index (κ2) is 8.76. The number of carbonyl (C=O) groups is 2. The minimum atomic E-state index is -0.275. The summed E-state index contributed by atoms with van der Waals surface area (Å²) in [4.78, 5) is 32.3. The number of hydrogen-bond donors (Lipinski definition) is 2.